The molecule has 0 saturated carbocycles. The number of nitrogens with zero attached hydrogens (tertiary/aromatic N) is 5. The molecule has 0 unspecified atom stereocenters. The number of anilines is 2. The molecule has 0 saturated heterocycles. The second-order valence-corrected chi connectivity index (χ2v) is 7.72. The molecule has 1 aromatic carbocycles. The number of rotatable bonds is 9. The van der Waals surface area contributed by atoms with Crippen LogP contribution in [0, 0.1) is 12.7 Å². The van der Waals surface area contributed by atoms with Crippen molar-refractivity contribution in [2.45, 2.75) is 18.7 Å². The molecule has 0 bridgehead atoms. The molecule has 4 N–H and O–H groups in total. The number of tetrazole rings is 1. The Hall–Kier alpha value is -3.19. The lowest BCUT2D eigenvalue weighted by atomic mass is 10.2. The van der Waals surface area contributed by atoms with E-state index in [9.17, 15) is 12.8 Å². The zero-order chi connectivity index (χ0) is 20.9. The van der Waals surface area contributed by atoms with Crippen molar-refractivity contribution >= 4 is 21.8 Å². The largest absolute Gasteiger partial charge is 0.370 e. The average Bonchev–Trinajstić information content (AvgIpc) is 3.20. The minimum atomic E-state index is -3.87. The van der Waals surface area contributed by atoms with Gasteiger partial charge in [-0.25, -0.2) is 22.5 Å². The van der Waals surface area contributed by atoms with E-state index < -0.39 is 15.8 Å². The van der Waals surface area contributed by atoms with Crippen LogP contribution in [0.2, 0.25) is 0 Å². The Bertz CT molecular complexity index is 1070. The van der Waals surface area contributed by atoms with Crippen LogP contribution in [0.15, 0.2) is 29.2 Å². The van der Waals surface area contributed by atoms with Gasteiger partial charge in [-0.15, -0.1) is 10.2 Å². The summed E-state index contributed by atoms with van der Waals surface area (Å²) < 4.78 is 41.4. The first-order valence-electron chi connectivity index (χ1n) is 8.75. The quantitative estimate of drug-likeness (QED) is 0.370. The first-order chi connectivity index (χ1) is 13.9. The van der Waals surface area contributed by atoms with Crippen LogP contribution in [0.3, 0.4) is 0 Å². The van der Waals surface area contributed by atoms with E-state index in [0.717, 1.165) is 24.4 Å². The molecule has 0 atom stereocenters. The van der Waals surface area contributed by atoms with Gasteiger partial charge in [0.2, 0.25) is 21.8 Å². The second kappa shape index (κ2) is 8.87. The zero-order valence-corrected chi connectivity index (χ0v) is 16.6. The molecular weight excluding hydrogens is 401 g/mol. The minimum absolute atomic E-state index is 0.0331. The van der Waals surface area contributed by atoms with Gasteiger partial charge < -0.3 is 10.6 Å². The van der Waals surface area contributed by atoms with Gasteiger partial charge in [-0.05, 0) is 37.3 Å². The zero-order valence-electron chi connectivity index (χ0n) is 15.8. The number of halogens is 1. The summed E-state index contributed by atoms with van der Waals surface area (Å²) >= 11 is 0. The van der Waals surface area contributed by atoms with Crippen LogP contribution in [-0.2, 0) is 10.0 Å². The molecule has 29 heavy (non-hydrogen) atoms. The van der Waals surface area contributed by atoms with Crippen molar-refractivity contribution in [2.24, 2.45) is 0 Å². The third kappa shape index (κ3) is 5.20. The van der Waals surface area contributed by atoms with Crippen molar-refractivity contribution < 1.29 is 12.8 Å². The third-order valence-electron chi connectivity index (χ3n) is 3.75. The van der Waals surface area contributed by atoms with Gasteiger partial charge in [-0.3, -0.25) is 0 Å². The van der Waals surface area contributed by atoms with E-state index in [0.29, 0.717) is 11.8 Å². The molecule has 11 nitrogen and oxygen atoms in total. The molecule has 3 aromatic rings. The SMILES string of the molecule is CCNc1cc(C)nc(NCCNS(=O)(=O)c2ccc(F)c(-c3nn[nH]n3)c2)n1. The first-order valence-corrected chi connectivity index (χ1v) is 10.2. The minimum Gasteiger partial charge on any atom is -0.370 e. The van der Waals surface area contributed by atoms with Crippen molar-refractivity contribution in [3.8, 4) is 11.4 Å². The number of hydrogen-bond acceptors (Lipinski definition) is 9. The summed E-state index contributed by atoms with van der Waals surface area (Å²) in [6.45, 7) is 4.85. The van der Waals surface area contributed by atoms with Gasteiger partial charge in [0.25, 0.3) is 0 Å². The molecule has 0 aliphatic carbocycles. The summed E-state index contributed by atoms with van der Waals surface area (Å²) in [5.41, 5.74) is 0.711. The van der Waals surface area contributed by atoms with Gasteiger partial charge >= 0.3 is 0 Å². The molecule has 3 rings (SSSR count). The Balaban J connectivity index is 1.63. The van der Waals surface area contributed by atoms with Crippen LogP contribution in [0.1, 0.15) is 12.6 Å². The maximum Gasteiger partial charge on any atom is 0.240 e. The van der Waals surface area contributed by atoms with Crippen molar-refractivity contribution in [3.05, 3.63) is 35.8 Å². The molecule has 13 heteroatoms. The number of H-pyrrole nitrogens is 1. The summed E-state index contributed by atoms with van der Waals surface area (Å²) in [6, 6.07) is 5.18. The Morgan fingerprint density at radius 2 is 1.97 bits per heavy atom. The van der Waals surface area contributed by atoms with Crippen LogP contribution in [0.5, 0.6) is 0 Å². The maximum absolute atomic E-state index is 14.0. The standard InChI is InChI=1S/C16H20FN9O2S/c1-3-18-14-8-10(2)21-16(22-14)19-6-7-20-29(27,28)11-4-5-13(17)12(9-11)15-23-25-26-24-15/h4-5,8-9,20H,3,6-7H2,1-2H3,(H2,18,19,21,22)(H,23,24,25,26). The fraction of sp³-hybridized carbons (Fsp3) is 0.312. The average molecular weight is 421 g/mol. The van der Waals surface area contributed by atoms with Crippen LogP contribution in [0.4, 0.5) is 16.2 Å². The first kappa shape index (κ1) is 20.5. The molecule has 0 aliphatic heterocycles. The van der Waals surface area contributed by atoms with Gasteiger partial charge in [0.15, 0.2) is 0 Å². The second-order valence-electron chi connectivity index (χ2n) is 5.95. The Morgan fingerprint density at radius 1 is 1.14 bits per heavy atom. The predicted octanol–water partition coefficient (Wildman–Crippen LogP) is 0.926. The molecule has 154 valence electrons. The lowest BCUT2D eigenvalue weighted by Crippen LogP contribution is -2.29. The molecule has 0 radical (unpaired) electrons. The van der Waals surface area contributed by atoms with Crippen molar-refractivity contribution in [1.29, 1.82) is 0 Å². The van der Waals surface area contributed by atoms with Crippen molar-refractivity contribution in [1.82, 2.24) is 35.3 Å². The third-order valence-corrected chi connectivity index (χ3v) is 5.21. The van der Waals surface area contributed by atoms with Gasteiger partial charge in [-0.2, -0.15) is 10.2 Å². The summed E-state index contributed by atoms with van der Waals surface area (Å²) in [5.74, 6) is 0.388. The molecule has 0 spiro atoms. The van der Waals surface area contributed by atoms with E-state index in [1.54, 1.807) is 0 Å². The smallest absolute Gasteiger partial charge is 0.240 e. The topological polar surface area (TPSA) is 150 Å². The maximum atomic E-state index is 14.0. The van der Waals surface area contributed by atoms with E-state index in [1.165, 1.54) is 6.07 Å². The van der Waals surface area contributed by atoms with Crippen LogP contribution < -0.4 is 15.4 Å². The highest BCUT2D eigenvalue weighted by Crippen LogP contribution is 2.22. The number of sulfonamides is 1. The number of hydrogen-bond donors (Lipinski definition) is 4. The van der Waals surface area contributed by atoms with E-state index in [4.69, 9.17) is 0 Å². The van der Waals surface area contributed by atoms with Crippen LogP contribution in [0.25, 0.3) is 11.4 Å². The lowest BCUT2D eigenvalue weighted by molar-refractivity contribution is 0.582. The fourth-order valence-electron chi connectivity index (χ4n) is 2.48. The fourth-order valence-corrected chi connectivity index (χ4v) is 3.54. The number of aryl methyl sites for hydroxylation is 1. The van der Waals surface area contributed by atoms with E-state index in [-0.39, 0.29) is 29.4 Å². The molecule has 0 amide bonds. The summed E-state index contributed by atoms with van der Waals surface area (Å²) in [5, 5.41) is 19.0. The monoisotopic (exact) mass is 421 g/mol. The molecule has 0 fully saturated rings. The Kier molecular flexibility index (Phi) is 6.29. The van der Waals surface area contributed by atoms with Gasteiger partial charge in [-0.1, -0.05) is 0 Å². The van der Waals surface area contributed by atoms with Crippen molar-refractivity contribution in [3.63, 3.8) is 0 Å². The highest BCUT2D eigenvalue weighted by atomic mass is 32.2. The van der Waals surface area contributed by atoms with Gasteiger partial charge in [0, 0.05) is 31.4 Å². The predicted molar refractivity (Wildman–Crippen MR) is 104 cm³/mol. The highest BCUT2D eigenvalue weighted by Gasteiger charge is 2.18. The van der Waals surface area contributed by atoms with E-state index in [1.807, 2.05) is 19.9 Å². The highest BCUT2D eigenvalue weighted by molar-refractivity contribution is 7.89. The number of aromatic nitrogens is 6. The molecule has 0 aliphatic rings. The Labute approximate surface area is 166 Å². The Morgan fingerprint density at radius 3 is 2.69 bits per heavy atom. The van der Waals surface area contributed by atoms with Crippen LogP contribution in [-0.4, -0.2) is 58.6 Å². The van der Waals surface area contributed by atoms with E-state index in [2.05, 4.69) is 45.9 Å². The number of aromatic amines is 1. The number of benzene rings is 1. The van der Waals surface area contributed by atoms with E-state index >= 15 is 0 Å². The summed E-state index contributed by atoms with van der Waals surface area (Å²) in [7, 11) is -3.87. The summed E-state index contributed by atoms with van der Waals surface area (Å²) in [6.07, 6.45) is 0. The van der Waals surface area contributed by atoms with Gasteiger partial charge in [0.1, 0.15) is 11.6 Å². The lowest BCUT2D eigenvalue weighted by Gasteiger charge is -2.10. The van der Waals surface area contributed by atoms with Crippen LogP contribution >= 0.6 is 0 Å². The summed E-state index contributed by atoms with van der Waals surface area (Å²) in [4.78, 5) is 8.43. The molecular formula is C16H20FN9O2S. The number of nitrogens with one attached hydrogen (secondary N) is 4. The molecule has 2 aromatic heterocycles. The van der Waals surface area contributed by atoms with Crippen molar-refractivity contribution in [2.75, 3.05) is 30.3 Å². The normalized spacial score (nSPS) is 11.4. The molecule has 2 heterocycles. The van der Waals surface area contributed by atoms with Gasteiger partial charge in [0.05, 0.1) is 10.5 Å².